The van der Waals surface area contributed by atoms with Gasteiger partial charge in [0.2, 0.25) is 0 Å². The molecule has 0 spiro atoms. The van der Waals surface area contributed by atoms with Crippen LogP contribution in [0.5, 0.6) is 0 Å². The zero-order chi connectivity index (χ0) is 17.5. The molecule has 0 fully saturated rings. The predicted molar refractivity (Wildman–Crippen MR) is 98.6 cm³/mol. The molecule has 1 atom stereocenters. The van der Waals surface area contributed by atoms with Gasteiger partial charge in [-0.05, 0) is 37.3 Å². The number of carbonyl (C=O) groups is 1. The lowest BCUT2D eigenvalue weighted by Gasteiger charge is -2.17. The number of aryl methyl sites for hydroxylation is 2. The molecule has 3 rings (SSSR count). The zero-order valence-electron chi connectivity index (χ0n) is 14.5. The van der Waals surface area contributed by atoms with E-state index < -0.39 is 0 Å². The van der Waals surface area contributed by atoms with Crippen LogP contribution >= 0.6 is 0 Å². The molecule has 2 aromatic carbocycles. The molecule has 128 valence electrons. The van der Waals surface area contributed by atoms with Crippen molar-refractivity contribution >= 4 is 5.78 Å². The summed E-state index contributed by atoms with van der Waals surface area (Å²) in [6.07, 6.45) is 6.94. The minimum atomic E-state index is -0.292. The molecule has 0 aliphatic rings. The maximum absolute atomic E-state index is 13.0. The lowest BCUT2D eigenvalue weighted by atomic mass is 9.95. The van der Waals surface area contributed by atoms with Crippen LogP contribution < -0.4 is 0 Å². The Balaban J connectivity index is 1.66. The van der Waals surface area contributed by atoms with E-state index in [1.807, 2.05) is 37.3 Å². The number of benzene rings is 2. The molecular formula is C21H23N3O. The Morgan fingerprint density at radius 1 is 1.04 bits per heavy atom. The van der Waals surface area contributed by atoms with Crippen molar-refractivity contribution < 1.29 is 4.79 Å². The highest BCUT2D eigenvalue weighted by atomic mass is 16.1. The summed E-state index contributed by atoms with van der Waals surface area (Å²) >= 11 is 0. The largest absolute Gasteiger partial charge is 0.292 e. The molecule has 1 heterocycles. The van der Waals surface area contributed by atoms with Crippen LogP contribution in [0, 0.1) is 6.92 Å². The van der Waals surface area contributed by atoms with Crippen molar-refractivity contribution in [1.82, 2.24) is 14.8 Å². The van der Waals surface area contributed by atoms with E-state index >= 15 is 0 Å². The van der Waals surface area contributed by atoms with Crippen molar-refractivity contribution in [2.45, 2.75) is 38.6 Å². The van der Waals surface area contributed by atoms with Crippen molar-refractivity contribution in [3.05, 3.63) is 83.9 Å². The van der Waals surface area contributed by atoms with Gasteiger partial charge in [0, 0.05) is 5.56 Å². The van der Waals surface area contributed by atoms with E-state index in [4.69, 9.17) is 0 Å². The number of rotatable bonds is 8. The van der Waals surface area contributed by atoms with Crippen LogP contribution in [0.2, 0.25) is 0 Å². The Labute approximate surface area is 148 Å². The van der Waals surface area contributed by atoms with E-state index in [0.717, 1.165) is 36.8 Å². The minimum Gasteiger partial charge on any atom is -0.292 e. The molecule has 4 heteroatoms. The number of hydrogen-bond acceptors (Lipinski definition) is 3. The molecule has 3 aromatic rings. The number of Topliss-reactive ketones (excluding diaryl/α,β-unsaturated/α-hetero) is 1. The Kier molecular flexibility index (Phi) is 5.73. The van der Waals surface area contributed by atoms with E-state index in [2.05, 4.69) is 34.3 Å². The Morgan fingerprint density at radius 2 is 1.80 bits per heavy atom. The second kappa shape index (κ2) is 8.38. The van der Waals surface area contributed by atoms with Crippen molar-refractivity contribution in [2.75, 3.05) is 0 Å². The van der Waals surface area contributed by atoms with Gasteiger partial charge in [-0.2, -0.15) is 5.10 Å². The molecule has 25 heavy (non-hydrogen) atoms. The molecule has 0 N–H and O–H groups in total. The fraction of sp³-hybridized carbons (Fsp3) is 0.286. The highest BCUT2D eigenvalue weighted by Crippen LogP contribution is 2.22. The van der Waals surface area contributed by atoms with Crippen molar-refractivity contribution in [3.8, 4) is 0 Å². The third kappa shape index (κ3) is 4.41. The van der Waals surface area contributed by atoms with Gasteiger partial charge in [-0.3, -0.25) is 4.79 Å². The van der Waals surface area contributed by atoms with Crippen molar-refractivity contribution in [3.63, 3.8) is 0 Å². The Bertz CT molecular complexity index is 797. The first-order chi connectivity index (χ1) is 12.3. The summed E-state index contributed by atoms with van der Waals surface area (Å²) in [7, 11) is 0. The van der Waals surface area contributed by atoms with Crippen LogP contribution in [0.1, 0.15) is 46.8 Å². The first-order valence-electron chi connectivity index (χ1n) is 8.73. The SMILES string of the molecule is Cc1ccccc1C(=O)C(CCCCc1ccccc1)n1cncn1. The van der Waals surface area contributed by atoms with Gasteiger partial charge in [0.15, 0.2) is 5.78 Å². The molecule has 1 unspecified atom stereocenters. The van der Waals surface area contributed by atoms with Crippen molar-refractivity contribution in [1.29, 1.82) is 0 Å². The maximum Gasteiger partial charge on any atom is 0.187 e. The number of nitrogens with zero attached hydrogens (tertiary/aromatic N) is 3. The summed E-state index contributed by atoms with van der Waals surface area (Å²) in [6.45, 7) is 1.97. The second-order valence-electron chi connectivity index (χ2n) is 6.30. The normalized spacial score (nSPS) is 12.0. The van der Waals surface area contributed by atoms with Crippen LogP contribution in [-0.2, 0) is 6.42 Å². The summed E-state index contributed by atoms with van der Waals surface area (Å²) in [5, 5.41) is 4.21. The van der Waals surface area contributed by atoms with Crippen LogP contribution in [0.4, 0.5) is 0 Å². The van der Waals surface area contributed by atoms with Gasteiger partial charge < -0.3 is 0 Å². The highest BCUT2D eigenvalue weighted by Gasteiger charge is 2.23. The fourth-order valence-electron chi connectivity index (χ4n) is 3.10. The third-order valence-corrected chi connectivity index (χ3v) is 4.50. The number of carbonyl (C=O) groups excluding carboxylic acids is 1. The average molecular weight is 333 g/mol. The van der Waals surface area contributed by atoms with Gasteiger partial charge in [0.25, 0.3) is 0 Å². The molecule has 4 nitrogen and oxygen atoms in total. The highest BCUT2D eigenvalue weighted by molar-refractivity contribution is 6.00. The molecule has 1 aromatic heterocycles. The standard InChI is InChI=1S/C21H23N3O/c1-17-9-5-7-13-19(17)21(25)20(24-16-22-15-23-24)14-8-6-12-18-10-3-2-4-11-18/h2-5,7,9-11,13,15-16,20H,6,8,12,14H2,1H3. The molecule has 0 saturated carbocycles. The maximum atomic E-state index is 13.0. The molecule has 0 amide bonds. The first-order valence-corrected chi connectivity index (χ1v) is 8.73. The average Bonchev–Trinajstić information content (AvgIpc) is 3.17. The molecule has 0 radical (unpaired) electrons. The predicted octanol–water partition coefficient (Wildman–Crippen LogP) is 4.42. The van der Waals surface area contributed by atoms with E-state index in [0.29, 0.717) is 0 Å². The van der Waals surface area contributed by atoms with Gasteiger partial charge in [-0.25, -0.2) is 9.67 Å². The van der Waals surface area contributed by atoms with E-state index in [1.165, 1.54) is 11.9 Å². The topological polar surface area (TPSA) is 47.8 Å². The summed E-state index contributed by atoms with van der Waals surface area (Å²) in [4.78, 5) is 17.1. The second-order valence-corrected chi connectivity index (χ2v) is 6.30. The summed E-state index contributed by atoms with van der Waals surface area (Å²) in [6, 6.07) is 17.9. The van der Waals surface area contributed by atoms with Gasteiger partial charge in [0.05, 0.1) is 0 Å². The van der Waals surface area contributed by atoms with Gasteiger partial charge in [-0.1, -0.05) is 61.0 Å². The van der Waals surface area contributed by atoms with Crippen LogP contribution in [0.15, 0.2) is 67.3 Å². The molecular weight excluding hydrogens is 310 g/mol. The van der Waals surface area contributed by atoms with Crippen LogP contribution in [0.25, 0.3) is 0 Å². The van der Waals surface area contributed by atoms with Gasteiger partial charge in [0.1, 0.15) is 18.7 Å². The fourth-order valence-corrected chi connectivity index (χ4v) is 3.10. The minimum absolute atomic E-state index is 0.114. The van der Waals surface area contributed by atoms with Gasteiger partial charge in [-0.15, -0.1) is 0 Å². The lowest BCUT2D eigenvalue weighted by molar-refractivity contribution is 0.0908. The third-order valence-electron chi connectivity index (χ3n) is 4.50. The smallest absolute Gasteiger partial charge is 0.187 e. The zero-order valence-corrected chi connectivity index (χ0v) is 14.5. The molecule has 0 saturated heterocycles. The van der Waals surface area contributed by atoms with Crippen LogP contribution in [-0.4, -0.2) is 20.5 Å². The Hall–Kier alpha value is -2.75. The quantitative estimate of drug-likeness (QED) is 0.453. The number of unbranched alkanes of at least 4 members (excludes halogenated alkanes) is 1. The molecule has 0 aliphatic heterocycles. The molecule has 0 bridgehead atoms. The summed E-state index contributed by atoms with van der Waals surface area (Å²) in [5.41, 5.74) is 3.11. The van der Waals surface area contributed by atoms with Gasteiger partial charge >= 0.3 is 0 Å². The number of hydrogen-bond donors (Lipinski definition) is 0. The summed E-state index contributed by atoms with van der Waals surface area (Å²) < 4.78 is 1.69. The monoisotopic (exact) mass is 333 g/mol. The lowest BCUT2D eigenvalue weighted by Crippen LogP contribution is -2.21. The Morgan fingerprint density at radius 3 is 2.52 bits per heavy atom. The van der Waals surface area contributed by atoms with E-state index in [1.54, 1.807) is 11.0 Å². The molecule has 0 aliphatic carbocycles. The van der Waals surface area contributed by atoms with E-state index in [-0.39, 0.29) is 11.8 Å². The summed E-state index contributed by atoms with van der Waals surface area (Å²) in [5.74, 6) is 0.114. The van der Waals surface area contributed by atoms with E-state index in [9.17, 15) is 4.79 Å². The van der Waals surface area contributed by atoms with Crippen LogP contribution in [0.3, 0.4) is 0 Å². The number of ketones is 1. The number of aromatic nitrogens is 3. The van der Waals surface area contributed by atoms with Crippen molar-refractivity contribution in [2.24, 2.45) is 0 Å². The first kappa shape index (κ1) is 17.1.